The predicted molar refractivity (Wildman–Crippen MR) is 292 cm³/mol. The van der Waals surface area contributed by atoms with Crippen LogP contribution < -0.4 is 16.4 Å². The summed E-state index contributed by atoms with van der Waals surface area (Å²) in [4.78, 5) is 0. The molecule has 5 heteroatoms. The van der Waals surface area contributed by atoms with Gasteiger partial charge in [0.25, 0.3) is 0 Å². The summed E-state index contributed by atoms with van der Waals surface area (Å²) in [7, 11) is 0. The highest BCUT2D eigenvalue weighted by Gasteiger charge is 2.40. The molecule has 0 N–H and O–H groups in total. The van der Waals surface area contributed by atoms with E-state index in [4.69, 9.17) is 4.42 Å². The van der Waals surface area contributed by atoms with Crippen molar-refractivity contribution in [1.29, 1.82) is 0 Å². The summed E-state index contributed by atoms with van der Waals surface area (Å²) >= 11 is 0. The van der Waals surface area contributed by atoms with Gasteiger partial charge in [-0.15, -0.1) is 0 Å². The Labute approximate surface area is 400 Å². The maximum atomic E-state index is 7.65. The number of fused-ring (bicyclic) bond motifs is 9. The molecule has 5 aromatic carbocycles. The number of hydrogen-bond acceptors (Lipinski definition) is 1. The van der Waals surface area contributed by atoms with Gasteiger partial charge in [-0.2, -0.15) is 0 Å². The van der Waals surface area contributed by atoms with Gasteiger partial charge in [0.05, 0.1) is 27.6 Å². The van der Waals surface area contributed by atoms with Crippen molar-refractivity contribution in [3.8, 4) is 0 Å². The molecule has 10 rings (SSSR count). The second-order valence-electron chi connectivity index (χ2n) is 27.4. The van der Waals surface area contributed by atoms with Gasteiger partial charge in [0.1, 0.15) is 5.65 Å². The molecule has 4 nitrogen and oxygen atoms in total. The molecular weight excluding hydrogens is 814 g/mol. The smallest absolute Gasteiger partial charge is 0.250 e. The van der Waals surface area contributed by atoms with Crippen LogP contribution in [0.3, 0.4) is 0 Å². The Bertz CT molecular complexity index is 3570. The number of rotatable bonds is 3. The average molecular weight is 890 g/mol. The molecule has 9 aromatic rings. The molecule has 0 atom stereocenters. The maximum Gasteiger partial charge on any atom is 0.250 e. The van der Waals surface area contributed by atoms with Crippen LogP contribution in [-0.2, 0) is 34.5 Å². The molecule has 0 saturated carbocycles. The first-order chi connectivity index (χ1) is 30.8. The van der Waals surface area contributed by atoms with Crippen LogP contribution >= 0.6 is 0 Å². The molecule has 348 valence electrons. The minimum absolute atomic E-state index is 0.0229. The second-order valence-corrected chi connectivity index (χ2v) is 27.4. The molecule has 1 aliphatic rings. The van der Waals surface area contributed by atoms with Crippen molar-refractivity contribution in [3.05, 3.63) is 117 Å². The highest BCUT2D eigenvalue weighted by atomic mass is 16.3. The first-order valence-corrected chi connectivity index (χ1v) is 25.1. The van der Waals surface area contributed by atoms with Crippen LogP contribution in [0.2, 0.25) is 0 Å². The molecule has 5 heterocycles. The number of benzene rings is 5. The Balaban J connectivity index is 1.57. The monoisotopic (exact) mass is 890 g/mol. The molecule has 0 radical (unpaired) electrons. The van der Waals surface area contributed by atoms with E-state index in [-0.39, 0.29) is 39.2 Å². The Morgan fingerprint density at radius 2 is 0.881 bits per heavy atom. The van der Waals surface area contributed by atoms with Gasteiger partial charge in [0.15, 0.2) is 16.8 Å². The van der Waals surface area contributed by atoms with E-state index in [0.29, 0.717) is 0 Å². The van der Waals surface area contributed by atoms with Gasteiger partial charge < -0.3 is 4.42 Å². The second kappa shape index (κ2) is 14.2. The van der Waals surface area contributed by atoms with Crippen molar-refractivity contribution < 1.29 is 4.42 Å². The summed E-state index contributed by atoms with van der Waals surface area (Å²) < 4.78 is 15.6. The lowest BCUT2D eigenvalue weighted by atomic mass is 9.34. The van der Waals surface area contributed by atoms with Crippen LogP contribution in [0, 0.1) is 24.7 Å². The molecule has 0 bridgehead atoms. The minimum Gasteiger partial charge on any atom is -0.451 e. The first-order valence-electron chi connectivity index (χ1n) is 25.1. The number of aryl methyl sites for hydroxylation is 2. The summed E-state index contributed by atoms with van der Waals surface area (Å²) in [6.07, 6.45) is 1.96. The van der Waals surface area contributed by atoms with Crippen LogP contribution in [0.1, 0.15) is 169 Å². The van der Waals surface area contributed by atoms with E-state index in [9.17, 15) is 0 Å². The van der Waals surface area contributed by atoms with Crippen LogP contribution in [0.15, 0.2) is 77.2 Å². The van der Waals surface area contributed by atoms with Crippen LogP contribution in [0.5, 0.6) is 0 Å². The van der Waals surface area contributed by atoms with Gasteiger partial charge in [0.2, 0.25) is 6.71 Å². The van der Waals surface area contributed by atoms with E-state index in [1.54, 1.807) is 0 Å². The number of aromatic nitrogens is 3. The minimum atomic E-state index is -0.122. The number of hydrogen-bond donors (Lipinski definition) is 0. The van der Waals surface area contributed by atoms with Gasteiger partial charge >= 0.3 is 0 Å². The fourth-order valence-corrected chi connectivity index (χ4v) is 11.6. The number of nitrogens with zero attached hydrogens (tertiary/aromatic N) is 3. The van der Waals surface area contributed by atoms with Crippen molar-refractivity contribution in [2.45, 2.75) is 173 Å². The van der Waals surface area contributed by atoms with Crippen molar-refractivity contribution in [2.24, 2.45) is 10.8 Å². The topological polar surface area (TPSA) is 26.4 Å². The van der Waals surface area contributed by atoms with Gasteiger partial charge in [-0.1, -0.05) is 172 Å². The lowest BCUT2D eigenvalue weighted by molar-refractivity contribution is 0.392. The zero-order valence-corrected chi connectivity index (χ0v) is 44.7. The van der Waals surface area contributed by atoms with E-state index in [2.05, 4.69) is 224 Å². The van der Waals surface area contributed by atoms with Crippen LogP contribution in [0.4, 0.5) is 0 Å². The SMILES string of the molecule is Cc1cc(C(C)(C)C)cc(C)c1B1c2cc(C(C)(C)C)cc3oc4c5cc(C(C)(C)C)ccc5n5c6cc(CC(C)(C)C)c(CC(C)(C)C)cc6n6c7ccc(C(C)(C)C)cc7c1c6n(c23)c45. The molecule has 67 heavy (non-hydrogen) atoms. The average Bonchev–Trinajstić information content (AvgIpc) is 3.64. The largest absolute Gasteiger partial charge is 0.451 e. The fourth-order valence-electron chi connectivity index (χ4n) is 11.6. The van der Waals surface area contributed by atoms with E-state index in [1.807, 2.05) is 0 Å². The predicted octanol–water partition coefficient (Wildman–Crippen LogP) is 15.0. The van der Waals surface area contributed by atoms with Crippen LogP contribution in [0.25, 0.3) is 60.8 Å². The van der Waals surface area contributed by atoms with Gasteiger partial charge in [0, 0.05) is 5.39 Å². The Morgan fingerprint density at radius 3 is 1.36 bits per heavy atom. The third kappa shape index (κ3) is 7.22. The highest BCUT2D eigenvalue weighted by Crippen LogP contribution is 2.43. The van der Waals surface area contributed by atoms with Crippen molar-refractivity contribution in [2.75, 3.05) is 0 Å². The van der Waals surface area contributed by atoms with E-state index in [1.165, 1.54) is 94.0 Å². The molecule has 0 saturated heterocycles. The van der Waals surface area contributed by atoms with Crippen molar-refractivity contribution in [3.63, 3.8) is 0 Å². The Hall–Kier alpha value is -5.16. The lowest BCUT2D eigenvalue weighted by Crippen LogP contribution is -2.57. The molecule has 0 unspecified atom stereocenters. The summed E-state index contributed by atoms with van der Waals surface area (Å²) in [5.41, 5.74) is 25.2. The molecule has 1 aliphatic heterocycles. The van der Waals surface area contributed by atoms with E-state index in [0.717, 1.165) is 40.6 Å². The highest BCUT2D eigenvalue weighted by molar-refractivity contribution is 7.00. The van der Waals surface area contributed by atoms with Gasteiger partial charge in [-0.05, 0) is 151 Å². The Kier molecular flexibility index (Phi) is 9.67. The third-order valence-corrected chi connectivity index (χ3v) is 15.0. The molecular formula is C62H76BN3O. The summed E-state index contributed by atoms with van der Waals surface area (Å²) in [5.74, 6) is 0. The normalized spacial score (nSPS) is 14.4. The maximum absolute atomic E-state index is 7.65. The fraction of sp³-hybridized carbons (Fsp3) is 0.452. The van der Waals surface area contributed by atoms with Gasteiger partial charge in [-0.25, -0.2) is 0 Å². The lowest BCUT2D eigenvalue weighted by Gasteiger charge is -2.30. The van der Waals surface area contributed by atoms with Gasteiger partial charge in [-0.3, -0.25) is 13.2 Å². The zero-order chi connectivity index (χ0) is 48.6. The summed E-state index contributed by atoms with van der Waals surface area (Å²) in [6.45, 7) is 47.1. The zero-order valence-electron chi connectivity index (χ0n) is 44.7. The third-order valence-electron chi connectivity index (χ3n) is 15.0. The summed E-state index contributed by atoms with van der Waals surface area (Å²) in [5, 5.41) is 2.49. The van der Waals surface area contributed by atoms with E-state index < -0.39 is 0 Å². The standard InChI is InChI=1S/C62H76BN3O/c1-35-25-41(61(15,16)17)26-36(2)51(35)63-45-31-42(62(18,19)20)32-50-53(45)66-55-52(63)43-29-39(59(9,10)11)21-23-46(43)64(55)48-27-37(33-57(3,4)5)38(34-58(6,7)8)28-49(48)65-47-24-22-40(60(12,13)14)30-44(47)54(67-50)56(65)66/h21-32H,33-34H2,1-20H3. The Morgan fingerprint density at radius 1 is 0.433 bits per heavy atom. The molecule has 0 amide bonds. The molecule has 0 spiro atoms. The quantitative estimate of drug-likeness (QED) is 0.162. The molecule has 0 fully saturated rings. The molecule has 0 aliphatic carbocycles. The molecule has 4 aromatic heterocycles. The van der Waals surface area contributed by atoms with Crippen molar-refractivity contribution in [1.82, 2.24) is 13.2 Å². The van der Waals surface area contributed by atoms with Crippen LogP contribution in [-0.4, -0.2) is 19.9 Å². The summed E-state index contributed by atoms with van der Waals surface area (Å²) in [6, 6.07) is 29.6. The van der Waals surface area contributed by atoms with Crippen molar-refractivity contribution >= 4 is 83.9 Å². The first kappa shape index (κ1) is 45.6. The van der Waals surface area contributed by atoms with E-state index >= 15 is 0 Å².